The molecule has 0 fully saturated rings. The first-order chi connectivity index (χ1) is 15.0. The third-order valence-corrected chi connectivity index (χ3v) is 6.25. The summed E-state index contributed by atoms with van der Waals surface area (Å²) in [4.78, 5) is 7.66. The Kier molecular flexibility index (Phi) is 5.25. The second-order valence-corrected chi connectivity index (χ2v) is 8.84. The van der Waals surface area contributed by atoms with E-state index in [1.165, 1.54) is 0 Å². The molecule has 0 amide bonds. The lowest BCUT2D eigenvalue weighted by Gasteiger charge is -2.13. The van der Waals surface area contributed by atoms with Crippen molar-refractivity contribution in [3.63, 3.8) is 0 Å². The number of fused-ring (bicyclic) bond motifs is 1. The van der Waals surface area contributed by atoms with E-state index >= 15 is 0 Å². The highest BCUT2D eigenvalue weighted by molar-refractivity contribution is 7.92. The van der Waals surface area contributed by atoms with Gasteiger partial charge >= 0.3 is 6.18 Å². The first-order valence-electron chi connectivity index (χ1n) is 9.36. The van der Waals surface area contributed by atoms with E-state index in [4.69, 9.17) is 5.73 Å². The molecule has 1 heterocycles. The fourth-order valence-corrected chi connectivity index (χ4v) is 4.36. The molecule has 0 atom stereocenters. The number of hydrogen-bond acceptors (Lipinski definition) is 5. The van der Waals surface area contributed by atoms with Gasteiger partial charge in [0.2, 0.25) is 5.95 Å². The van der Waals surface area contributed by atoms with Crippen molar-refractivity contribution in [2.45, 2.75) is 18.0 Å². The Labute approximate surface area is 182 Å². The number of hydrogen-bond donors (Lipinski definition) is 2. The average molecular weight is 458 g/mol. The summed E-state index contributed by atoms with van der Waals surface area (Å²) in [7, 11) is -4.23. The highest BCUT2D eigenvalue weighted by Gasteiger charge is 2.31. The van der Waals surface area contributed by atoms with Crippen molar-refractivity contribution >= 4 is 32.6 Å². The number of rotatable bonds is 4. The standard InChI is InChI=1S/C22H17F3N4O2S/c1-13-5-7-17(29-32(30,31)18-4-2-3-16(10-18)22(23,24)25)11-19(13)14-6-8-20-15(9-14)12-27-21(26)28-20/h2-12,29H,1H3,(H2,26,27,28). The number of benzene rings is 3. The molecule has 4 aromatic rings. The molecular weight excluding hydrogens is 441 g/mol. The maximum Gasteiger partial charge on any atom is 0.416 e. The van der Waals surface area contributed by atoms with Gasteiger partial charge in [-0.05, 0) is 66.1 Å². The highest BCUT2D eigenvalue weighted by Crippen LogP contribution is 2.32. The Morgan fingerprint density at radius 1 is 1.00 bits per heavy atom. The first-order valence-corrected chi connectivity index (χ1v) is 10.8. The molecular formula is C22H17F3N4O2S. The predicted octanol–water partition coefficient (Wildman–Crippen LogP) is 5.01. The molecule has 1 aromatic heterocycles. The van der Waals surface area contributed by atoms with E-state index in [0.29, 0.717) is 11.6 Å². The van der Waals surface area contributed by atoms with Crippen molar-refractivity contribution in [3.8, 4) is 11.1 Å². The molecule has 0 radical (unpaired) electrons. The van der Waals surface area contributed by atoms with Crippen LogP contribution in [-0.2, 0) is 16.2 Å². The predicted molar refractivity (Wildman–Crippen MR) is 116 cm³/mol. The number of sulfonamides is 1. The van der Waals surface area contributed by atoms with Gasteiger partial charge in [0.05, 0.1) is 16.0 Å². The highest BCUT2D eigenvalue weighted by atomic mass is 32.2. The Hall–Kier alpha value is -3.66. The lowest BCUT2D eigenvalue weighted by Crippen LogP contribution is -2.14. The second kappa shape index (κ2) is 7.79. The Balaban J connectivity index is 1.70. The van der Waals surface area contributed by atoms with Crippen molar-refractivity contribution in [1.82, 2.24) is 9.97 Å². The number of alkyl halides is 3. The minimum atomic E-state index is -4.65. The monoisotopic (exact) mass is 458 g/mol. The zero-order chi connectivity index (χ0) is 23.1. The van der Waals surface area contributed by atoms with Crippen LogP contribution in [0.5, 0.6) is 0 Å². The molecule has 6 nitrogen and oxygen atoms in total. The number of nitrogens with two attached hydrogens (primary N) is 1. The summed E-state index contributed by atoms with van der Waals surface area (Å²) >= 11 is 0. The van der Waals surface area contributed by atoms with Crippen LogP contribution in [0.15, 0.2) is 71.8 Å². The van der Waals surface area contributed by atoms with Crippen LogP contribution in [-0.4, -0.2) is 18.4 Å². The number of nitrogen functional groups attached to an aromatic ring is 1. The topological polar surface area (TPSA) is 98.0 Å². The summed E-state index contributed by atoms with van der Waals surface area (Å²) in [5, 5.41) is 0.756. The lowest BCUT2D eigenvalue weighted by atomic mass is 9.99. The molecule has 0 saturated heterocycles. The van der Waals surface area contributed by atoms with E-state index in [0.717, 1.165) is 40.3 Å². The zero-order valence-electron chi connectivity index (χ0n) is 16.7. The van der Waals surface area contributed by atoms with Gasteiger partial charge < -0.3 is 5.73 Å². The van der Waals surface area contributed by atoms with Crippen LogP contribution in [0.3, 0.4) is 0 Å². The second-order valence-electron chi connectivity index (χ2n) is 7.16. The number of aryl methyl sites for hydroxylation is 1. The summed E-state index contributed by atoms with van der Waals surface area (Å²) in [6, 6.07) is 13.9. The Morgan fingerprint density at radius 3 is 2.53 bits per heavy atom. The normalized spacial score (nSPS) is 12.1. The van der Waals surface area contributed by atoms with E-state index in [9.17, 15) is 21.6 Å². The van der Waals surface area contributed by atoms with Gasteiger partial charge in [-0.2, -0.15) is 13.2 Å². The molecule has 4 rings (SSSR count). The summed E-state index contributed by atoms with van der Waals surface area (Å²) in [5.74, 6) is 0.160. The molecule has 0 bridgehead atoms. The molecule has 164 valence electrons. The van der Waals surface area contributed by atoms with Crippen LogP contribution in [0.1, 0.15) is 11.1 Å². The summed E-state index contributed by atoms with van der Waals surface area (Å²) in [6.45, 7) is 1.87. The van der Waals surface area contributed by atoms with Crippen molar-refractivity contribution < 1.29 is 21.6 Å². The van der Waals surface area contributed by atoms with Crippen LogP contribution in [0, 0.1) is 6.92 Å². The van der Waals surface area contributed by atoms with Gasteiger partial charge in [-0.1, -0.05) is 18.2 Å². The fourth-order valence-electron chi connectivity index (χ4n) is 3.27. The van der Waals surface area contributed by atoms with Crippen molar-refractivity contribution in [2.24, 2.45) is 0 Å². The third-order valence-electron chi connectivity index (χ3n) is 4.87. The number of nitrogens with zero attached hydrogens (tertiary/aromatic N) is 2. The van der Waals surface area contributed by atoms with Gasteiger partial charge in [-0.3, -0.25) is 4.72 Å². The van der Waals surface area contributed by atoms with E-state index in [1.807, 2.05) is 19.1 Å². The van der Waals surface area contributed by atoms with Crippen LogP contribution < -0.4 is 10.5 Å². The SMILES string of the molecule is Cc1ccc(NS(=O)(=O)c2cccc(C(F)(F)F)c2)cc1-c1ccc2nc(N)ncc2c1. The first kappa shape index (κ1) is 21.6. The summed E-state index contributed by atoms with van der Waals surface area (Å²) in [5.41, 5.74) is 7.87. The van der Waals surface area contributed by atoms with Gasteiger partial charge in [0.1, 0.15) is 0 Å². The van der Waals surface area contributed by atoms with Gasteiger partial charge in [0.15, 0.2) is 0 Å². The molecule has 0 aliphatic carbocycles. The van der Waals surface area contributed by atoms with E-state index in [-0.39, 0.29) is 11.6 Å². The number of anilines is 2. The van der Waals surface area contributed by atoms with Gasteiger partial charge in [0, 0.05) is 17.3 Å². The molecule has 0 saturated carbocycles. The number of nitrogens with one attached hydrogen (secondary N) is 1. The molecule has 0 aliphatic rings. The minimum Gasteiger partial charge on any atom is -0.368 e. The smallest absolute Gasteiger partial charge is 0.368 e. The van der Waals surface area contributed by atoms with Gasteiger partial charge in [-0.25, -0.2) is 18.4 Å². The Morgan fingerprint density at radius 2 is 1.78 bits per heavy atom. The maximum absolute atomic E-state index is 13.0. The largest absolute Gasteiger partial charge is 0.416 e. The maximum atomic E-state index is 13.0. The van der Waals surface area contributed by atoms with Gasteiger partial charge in [0.25, 0.3) is 10.0 Å². The third kappa shape index (κ3) is 4.35. The summed E-state index contributed by atoms with van der Waals surface area (Å²) < 4.78 is 66.7. The van der Waals surface area contributed by atoms with Gasteiger partial charge in [-0.15, -0.1) is 0 Å². The van der Waals surface area contributed by atoms with Crippen LogP contribution in [0.4, 0.5) is 24.8 Å². The molecule has 3 aromatic carbocycles. The lowest BCUT2D eigenvalue weighted by molar-refractivity contribution is -0.137. The van der Waals surface area contributed by atoms with E-state index in [2.05, 4.69) is 14.7 Å². The quantitative estimate of drug-likeness (QED) is 0.448. The minimum absolute atomic E-state index is 0.160. The number of halogens is 3. The zero-order valence-corrected chi connectivity index (χ0v) is 17.5. The van der Waals surface area contributed by atoms with Crippen molar-refractivity contribution in [3.05, 3.63) is 78.0 Å². The van der Waals surface area contributed by atoms with Crippen LogP contribution in [0.2, 0.25) is 0 Å². The molecule has 3 N–H and O–H groups in total. The van der Waals surface area contributed by atoms with Crippen LogP contribution in [0.25, 0.3) is 22.0 Å². The Bertz CT molecular complexity index is 1440. The van der Waals surface area contributed by atoms with Crippen LogP contribution >= 0.6 is 0 Å². The molecule has 0 spiro atoms. The van der Waals surface area contributed by atoms with E-state index < -0.39 is 26.7 Å². The molecule has 32 heavy (non-hydrogen) atoms. The summed E-state index contributed by atoms with van der Waals surface area (Å²) in [6.07, 6.45) is -3.05. The average Bonchev–Trinajstić information content (AvgIpc) is 2.74. The van der Waals surface area contributed by atoms with Crippen molar-refractivity contribution in [1.29, 1.82) is 0 Å². The number of aromatic nitrogens is 2. The van der Waals surface area contributed by atoms with Crippen molar-refractivity contribution in [2.75, 3.05) is 10.5 Å². The van der Waals surface area contributed by atoms with E-state index in [1.54, 1.807) is 30.5 Å². The molecule has 10 heteroatoms. The molecule has 0 unspecified atom stereocenters. The fraction of sp³-hybridized carbons (Fsp3) is 0.0909. The molecule has 0 aliphatic heterocycles.